The quantitative estimate of drug-likeness (QED) is 0.604. The summed E-state index contributed by atoms with van der Waals surface area (Å²) in [4.78, 5) is 20.7. The van der Waals surface area contributed by atoms with Crippen molar-refractivity contribution in [1.82, 2.24) is 9.97 Å². The zero-order valence-corrected chi connectivity index (χ0v) is 15.6. The molecule has 3 aromatic rings. The summed E-state index contributed by atoms with van der Waals surface area (Å²) in [5.41, 5.74) is 0.715. The molecular weight excluding hydrogens is 377 g/mol. The van der Waals surface area contributed by atoms with E-state index in [1.807, 2.05) is 6.07 Å². The molecule has 2 heterocycles. The minimum Gasteiger partial charge on any atom is -0.496 e. The van der Waals surface area contributed by atoms with Crippen LogP contribution in [0, 0.1) is 0 Å². The lowest BCUT2D eigenvalue weighted by Gasteiger charge is -2.13. The standard InChI is InChI=1S/C18H15Cl2N3O3/c1-10(24)16-15(20)18(21-9-12-4-3-7-26-12)23-17(22-16)13-6-5-11(19)8-14(13)25-2/h3-8H,9H2,1-2H3,(H,21,22,23). The fraction of sp³-hybridized carbons (Fsp3) is 0.167. The third kappa shape index (κ3) is 3.81. The predicted molar refractivity (Wildman–Crippen MR) is 100 cm³/mol. The minimum absolute atomic E-state index is 0.121. The van der Waals surface area contributed by atoms with Gasteiger partial charge in [-0.05, 0) is 30.3 Å². The van der Waals surface area contributed by atoms with Gasteiger partial charge in [-0.2, -0.15) is 0 Å². The average Bonchev–Trinajstić information content (AvgIpc) is 3.14. The molecule has 134 valence electrons. The molecular formula is C18H15Cl2N3O3. The van der Waals surface area contributed by atoms with Crippen molar-refractivity contribution in [3.63, 3.8) is 0 Å². The van der Waals surface area contributed by atoms with Gasteiger partial charge in [0, 0.05) is 11.9 Å². The smallest absolute Gasteiger partial charge is 0.179 e. The van der Waals surface area contributed by atoms with Gasteiger partial charge in [0.05, 0.1) is 25.5 Å². The number of Topliss-reactive ketones (excluding diaryl/α,β-unsaturated/α-hetero) is 1. The van der Waals surface area contributed by atoms with E-state index in [0.29, 0.717) is 40.3 Å². The first kappa shape index (κ1) is 18.2. The highest BCUT2D eigenvalue weighted by Gasteiger charge is 2.19. The minimum atomic E-state index is -0.271. The van der Waals surface area contributed by atoms with Gasteiger partial charge < -0.3 is 14.5 Å². The summed E-state index contributed by atoms with van der Waals surface area (Å²) in [6.45, 7) is 1.76. The van der Waals surface area contributed by atoms with Crippen molar-refractivity contribution in [2.45, 2.75) is 13.5 Å². The lowest BCUT2D eigenvalue weighted by Crippen LogP contribution is -2.09. The molecule has 0 atom stereocenters. The Labute approximate surface area is 160 Å². The number of nitrogens with zero attached hydrogens (tertiary/aromatic N) is 2. The first-order chi connectivity index (χ1) is 12.5. The molecule has 6 nitrogen and oxygen atoms in total. The maximum absolute atomic E-state index is 12.0. The second-order valence-electron chi connectivity index (χ2n) is 5.39. The first-order valence-corrected chi connectivity index (χ1v) is 8.44. The van der Waals surface area contributed by atoms with Crippen LogP contribution in [-0.4, -0.2) is 22.9 Å². The molecule has 1 aromatic carbocycles. The summed E-state index contributed by atoms with van der Waals surface area (Å²) >= 11 is 12.3. The predicted octanol–water partition coefficient (Wildman–Crippen LogP) is 4.87. The Morgan fingerprint density at radius 3 is 2.73 bits per heavy atom. The molecule has 2 aromatic heterocycles. The Kier molecular flexibility index (Phi) is 5.44. The van der Waals surface area contributed by atoms with Crippen molar-refractivity contribution < 1.29 is 13.9 Å². The van der Waals surface area contributed by atoms with Gasteiger partial charge in [0.2, 0.25) is 0 Å². The SMILES string of the molecule is COc1cc(Cl)ccc1-c1nc(NCc2ccco2)c(Cl)c(C(C)=O)n1. The van der Waals surface area contributed by atoms with E-state index >= 15 is 0 Å². The van der Waals surface area contributed by atoms with E-state index in [-0.39, 0.29) is 16.5 Å². The van der Waals surface area contributed by atoms with Crippen LogP contribution in [0.4, 0.5) is 5.82 Å². The molecule has 0 bridgehead atoms. The molecule has 0 saturated carbocycles. The van der Waals surface area contributed by atoms with Crippen LogP contribution in [0.25, 0.3) is 11.4 Å². The van der Waals surface area contributed by atoms with Crippen molar-refractivity contribution in [1.29, 1.82) is 0 Å². The molecule has 0 aliphatic rings. The normalized spacial score (nSPS) is 10.6. The molecule has 0 amide bonds. The van der Waals surface area contributed by atoms with Crippen LogP contribution in [-0.2, 0) is 6.54 Å². The van der Waals surface area contributed by atoms with Crippen molar-refractivity contribution >= 4 is 34.8 Å². The number of hydrogen-bond acceptors (Lipinski definition) is 6. The Balaban J connectivity index is 2.06. The Bertz CT molecular complexity index is 943. The molecule has 0 spiro atoms. The number of furan rings is 1. The molecule has 0 radical (unpaired) electrons. The highest BCUT2D eigenvalue weighted by Crippen LogP contribution is 2.33. The molecule has 26 heavy (non-hydrogen) atoms. The zero-order valence-electron chi connectivity index (χ0n) is 14.0. The van der Waals surface area contributed by atoms with E-state index in [0.717, 1.165) is 0 Å². The second-order valence-corrected chi connectivity index (χ2v) is 6.21. The van der Waals surface area contributed by atoms with Crippen LogP contribution in [0.2, 0.25) is 10.0 Å². The van der Waals surface area contributed by atoms with Crippen LogP contribution >= 0.6 is 23.2 Å². The fourth-order valence-electron chi connectivity index (χ4n) is 2.35. The molecule has 0 saturated heterocycles. The number of aromatic nitrogens is 2. The summed E-state index contributed by atoms with van der Waals surface area (Å²) in [7, 11) is 1.52. The highest BCUT2D eigenvalue weighted by molar-refractivity contribution is 6.35. The molecule has 0 unspecified atom stereocenters. The van der Waals surface area contributed by atoms with Crippen molar-refractivity contribution in [3.05, 3.63) is 58.1 Å². The molecule has 8 heteroatoms. The fourth-order valence-corrected chi connectivity index (χ4v) is 2.80. The average molecular weight is 392 g/mol. The number of carbonyl (C=O) groups is 1. The first-order valence-electron chi connectivity index (χ1n) is 7.68. The van der Waals surface area contributed by atoms with Crippen LogP contribution < -0.4 is 10.1 Å². The van der Waals surface area contributed by atoms with Gasteiger partial charge >= 0.3 is 0 Å². The Hall–Kier alpha value is -2.57. The zero-order chi connectivity index (χ0) is 18.7. The number of benzene rings is 1. The van der Waals surface area contributed by atoms with Gasteiger partial charge in [0.1, 0.15) is 28.0 Å². The van der Waals surface area contributed by atoms with Gasteiger partial charge in [-0.1, -0.05) is 23.2 Å². The largest absolute Gasteiger partial charge is 0.496 e. The molecule has 0 fully saturated rings. The third-order valence-corrected chi connectivity index (χ3v) is 4.19. The lowest BCUT2D eigenvalue weighted by molar-refractivity contribution is 0.101. The van der Waals surface area contributed by atoms with Crippen LogP contribution in [0.5, 0.6) is 5.75 Å². The number of nitrogens with one attached hydrogen (secondary N) is 1. The number of ether oxygens (including phenoxy) is 1. The maximum atomic E-state index is 12.0. The summed E-state index contributed by atoms with van der Waals surface area (Å²) in [6, 6.07) is 8.67. The summed E-state index contributed by atoms with van der Waals surface area (Å²) in [5.74, 6) is 1.55. The molecule has 3 rings (SSSR count). The Morgan fingerprint density at radius 2 is 2.08 bits per heavy atom. The highest BCUT2D eigenvalue weighted by atomic mass is 35.5. The number of halogens is 2. The van der Waals surface area contributed by atoms with Gasteiger partial charge in [-0.3, -0.25) is 4.79 Å². The monoisotopic (exact) mass is 391 g/mol. The molecule has 0 aliphatic heterocycles. The van der Waals surface area contributed by atoms with Crippen LogP contribution in [0.1, 0.15) is 23.2 Å². The van der Waals surface area contributed by atoms with Crippen LogP contribution in [0.3, 0.4) is 0 Å². The molecule has 1 N–H and O–H groups in total. The van der Waals surface area contributed by atoms with E-state index in [9.17, 15) is 4.79 Å². The summed E-state index contributed by atoms with van der Waals surface area (Å²) in [5, 5.41) is 3.74. The van der Waals surface area contributed by atoms with Crippen molar-refractivity contribution in [2.75, 3.05) is 12.4 Å². The number of hydrogen-bond donors (Lipinski definition) is 1. The van der Waals surface area contributed by atoms with Crippen molar-refractivity contribution in [3.8, 4) is 17.1 Å². The second kappa shape index (κ2) is 7.76. The number of ketones is 1. The van der Waals surface area contributed by atoms with Gasteiger partial charge in [-0.25, -0.2) is 9.97 Å². The summed E-state index contributed by atoms with van der Waals surface area (Å²) in [6.07, 6.45) is 1.57. The van der Waals surface area contributed by atoms with E-state index in [2.05, 4.69) is 15.3 Å². The lowest BCUT2D eigenvalue weighted by atomic mass is 10.1. The van der Waals surface area contributed by atoms with Gasteiger partial charge in [0.15, 0.2) is 11.6 Å². The molecule has 0 aliphatic carbocycles. The number of methoxy groups -OCH3 is 1. The topological polar surface area (TPSA) is 77.2 Å². The van der Waals surface area contributed by atoms with E-state index in [1.165, 1.54) is 14.0 Å². The van der Waals surface area contributed by atoms with Crippen LogP contribution in [0.15, 0.2) is 41.0 Å². The Morgan fingerprint density at radius 1 is 1.27 bits per heavy atom. The number of anilines is 1. The van der Waals surface area contributed by atoms with E-state index in [1.54, 1.807) is 30.5 Å². The van der Waals surface area contributed by atoms with Crippen molar-refractivity contribution in [2.24, 2.45) is 0 Å². The maximum Gasteiger partial charge on any atom is 0.179 e. The third-order valence-electron chi connectivity index (χ3n) is 3.60. The summed E-state index contributed by atoms with van der Waals surface area (Å²) < 4.78 is 10.6. The van der Waals surface area contributed by atoms with E-state index in [4.69, 9.17) is 32.4 Å². The number of carbonyl (C=O) groups excluding carboxylic acids is 1. The van der Waals surface area contributed by atoms with E-state index < -0.39 is 0 Å². The van der Waals surface area contributed by atoms with Gasteiger partial charge in [-0.15, -0.1) is 0 Å². The van der Waals surface area contributed by atoms with Gasteiger partial charge in [0.25, 0.3) is 0 Å². The number of rotatable bonds is 6.